The van der Waals surface area contributed by atoms with Crippen LogP contribution < -0.4 is 10.6 Å². The molecule has 0 heterocycles. The molecule has 0 spiro atoms. The minimum atomic E-state index is -0.997. The average molecular weight is 228 g/mol. The Bertz CT molecular complexity index is 285. The third kappa shape index (κ3) is 3.72. The van der Waals surface area contributed by atoms with E-state index in [1.165, 1.54) is 0 Å². The van der Waals surface area contributed by atoms with E-state index in [2.05, 4.69) is 17.6 Å². The summed E-state index contributed by atoms with van der Waals surface area (Å²) >= 11 is 0. The lowest BCUT2D eigenvalue weighted by atomic mass is 10.1. The first-order chi connectivity index (χ1) is 7.34. The molecule has 3 N–H and O–H groups in total. The van der Waals surface area contributed by atoms with Crippen molar-refractivity contribution in [2.45, 2.75) is 39.7 Å². The van der Waals surface area contributed by atoms with Gasteiger partial charge in [-0.05, 0) is 24.2 Å². The minimum absolute atomic E-state index is 0.125. The van der Waals surface area contributed by atoms with E-state index in [9.17, 15) is 9.59 Å². The van der Waals surface area contributed by atoms with E-state index in [1.807, 2.05) is 0 Å². The highest BCUT2D eigenvalue weighted by Gasteiger charge is 2.37. The molecule has 0 aliphatic heterocycles. The van der Waals surface area contributed by atoms with E-state index in [-0.39, 0.29) is 11.3 Å². The zero-order valence-corrected chi connectivity index (χ0v) is 10.0. The molecule has 1 rings (SSSR count). The predicted molar refractivity (Wildman–Crippen MR) is 60.1 cm³/mol. The minimum Gasteiger partial charge on any atom is -0.480 e. The normalized spacial score (nSPS) is 19.0. The zero-order chi connectivity index (χ0) is 12.3. The second-order valence-electron chi connectivity index (χ2n) is 5.20. The summed E-state index contributed by atoms with van der Waals surface area (Å²) in [6.45, 7) is 6.25. The fourth-order valence-electron chi connectivity index (χ4n) is 1.39. The summed E-state index contributed by atoms with van der Waals surface area (Å²) in [4.78, 5) is 22.3. The van der Waals surface area contributed by atoms with Crippen molar-refractivity contribution < 1.29 is 14.7 Å². The largest absolute Gasteiger partial charge is 0.480 e. The molecule has 1 aliphatic rings. The number of aliphatic carboxylic acids is 1. The van der Waals surface area contributed by atoms with Gasteiger partial charge in [-0.15, -0.1) is 0 Å². The smallest absolute Gasteiger partial charge is 0.326 e. The Hall–Kier alpha value is -1.26. The average Bonchev–Trinajstić information content (AvgIpc) is 2.89. The molecule has 0 saturated heterocycles. The summed E-state index contributed by atoms with van der Waals surface area (Å²) in [5, 5.41) is 14.1. The molecule has 5 heteroatoms. The number of carboxylic acids is 1. The van der Waals surface area contributed by atoms with Crippen molar-refractivity contribution in [3.63, 3.8) is 0 Å². The summed E-state index contributed by atoms with van der Waals surface area (Å²) in [5.74, 6) is -1.12. The molecule has 5 nitrogen and oxygen atoms in total. The Morgan fingerprint density at radius 3 is 2.31 bits per heavy atom. The summed E-state index contributed by atoms with van der Waals surface area (Å²) in [7, 11) is 0. The quantitative estimate of drug-likeness (QED) is 0.661. The summed E-state index contributed by atoms with van der Waals surface area (Å²) < 4.78 is 0. The lowest BCUT2D eigenvalue weighted by Gasteiger charge is -2.19. The lowest BCUT2D eigenvalue weighted by Crippen LogP contribution is -2.49. The Morgan fingerprint density at radius 1 is 1.38 bits per heavy atom. The number of hydrogen-bond acceptors (Lipinski definition) is 2. The lowest BCUT2D eigenvalue weighted by molar-refractivity contribution is -0.140. The maximum absolute atomic E-state index is 11.5. The van der Waals surface area contributed by atoms with Crippen LogP contribution in [0.15, 0.2) is 0 Å². The molecule has 0 bridgehead atoms. The number of rotatable bonds is 5. The third-order valence-corrected chi connectivity index (χ3v) is 3.00. The number of carbonyl (C=O) groups is 2. The molecule has 0 unspecified atom stereocenters. The maximum Gasteiger partial charge on any atom is 0.326 e. The van der Waals surface area contributed by atoms with Gasteiger partial charge < -0.3 is 15.7 Å². The SMILES string of the molecule is CC(C)[C@H](NC(=O)NCC1(C)CC1)C(=O)O. The highest BCUT2D eigenvalue weighted by atomic mass is 16.4. The standard InChI is InChI=1S/C11H20N2O3/c1-7(2)8(9(14)15)13-10(16)12-6-11(3)4-5-11/h7-8H,4-6H2,1-3H3,(H,14,15)(H2,12,13,16)/t8-/m0/s1. The van der Waals surface area contributed by atoms with Gasteiger partial charge in [0.15, 0.2) is 0 Å². The van der Waals surface area contributed by atoms with E-state index in [1.54, 1.807) is 13.8 Å². The molecule has 0 radical (unpaired) electrons. The Balaban J connectivity index is 2.33. The first kappa shape index (κ1) is 12.8. The Kier molecular flexibility index (Phi) is 3.78. The third-order valence-electron chi connectivity index (χ3n) is 3.00. The zero-order valence-electron chi connectivity index (χ0n) is 10.0. The van der Waals surface area contributed by atoms with Gasteiger partial charge in [-0.3, -0.25) is 0 Å². The molecule has 1 atom stereocenters. The van der Waals surface area contributed by atoms with Gasteiger partial charge in [0.2, 0.25) is 0 Å². The van der Waals surface area contributed by atoms with Gasteiger partial charge in [-0.1, -0.05) is 20.8 Å². The molecule has 0 aromatic rings. The topological polar surface area (TPSA) is 78.4 Å². The van der Waals surface area contributed by atoms with Crippen LogP contribution in [0.5, 0.6) is 0 Å². The van der Waals surface area contributed by atoms with E-state index >= 15 is 0 Å². The van der Waals surface area contributed by atoms with Crippen molar-refractivity contribution in [3.05, 3.63) is 0 Å². The van der Waals surface area contributed by atoms with Crippen LogP contribution in [0.25, 0.3) is 0 Å². The van der Waals surface area contributed by atoms with Crippen LogP contribution in [0, 0.1) is 11.3 Å². The van der Waals surface area contributed by atoms with Crippen LogP contribution >= 0.6 is 0 Å². The molecule has 1 saturated carbocycles. The first-order valence-electron chi connectivity index (χ1n) is 5.61. The monoisotopic (exact) mass is 228 g/mol. The molecule has 16 heavy (non-hydrogen) atoms. The second-order valence-corrected chi connectivity index (χ2v) is 5.20. The molecule has 1 aliphatic carbocycles. The maximum atomic E-state index is 11.5. The Morgan fingerprint density at radius 2 is 1.94 bits per heavy atom. The number of nitrogens with one attached hydrogen (secondary N) is 2. The number of carbonyl (C=O) groups excluding carboxylic acids is 1. The number of hydrogen-bond donors (Lipinski definition) is 3. The van der Waals surface area contributed by atoms with Crippen LogP contribution in [0.1, 0.15) is 33.6 Å². The number of urea groups is 1. The van der Waals surface area contributed by atoms with Gasteiger partial charge in [0, 0.05) is 6.54 Å². The molecule has 0 aromatic carbocycles. The van der Waals surface area contributed by atoms with Crippen LogP contribution in [-0.4, -0.2) is 29.7 Å². The summed E-state index contributed by atoms with van der Waals surface area (Å²) in [6, 6.07) is -1.22. The molecule has 92 valence electrons. The van der Waals surface area contributed by atoms with Crippen LogP contribution in [0.4, 0.5) is 4.79 Å². The molecule has 0 aromatic heterocycles. The van der Waals surface area contributed by atoms with E-state index in [0.717, 1.165) is 12.8 Å². The summed E-state index contributed by atoms with van der Waals surface area (Å²) in [5.41, 5.74) is 0.230. The van der Waals surface area contributed by atoms with Gasteiger partial charge in [0.25, 0.3) is 0 Å². The van der Waals surface area contributed by atoms with Gasteiger partial charge in [-0.2, -0.15) is 0 Å². The van der Waals surface area contributed by atoms with Crippen molar-refractivity contribution in [1.82, 2.24) is 10.6 Å². The van der Waals surface area contributed by atoms with Crippen LogP contribution in [0.3, 0.4) is 0 Å². The van der Waals surface area contributed by atoms with Crippen molar-refractivity contribution in [2.24, 2.45) is 11.3 Å². The Labute approximate surface area is 95.6 Å². The first-order valence-corrected chi connectivity index (χ1v) is 5.61. The van der Waals surface area contributed by atoms with E-state index < -0.39 is 18.0 Å². The van der Waals surface area contributed by atoms with Gasteiger partial charge in [-0.25, -0.2) is 9.59 Å². The highest BCUT2D eigenvalue weighted by molar-refractivity contribution is 5.82. The van der Waals surface area contributed by atoms with E-state index in [0.29, 0.717) is 6.54 Å². The molecule has 2 amide bonds. The van der Waals surface area contributed by atoms with Crippen LogP contribution in [0.2, 0.25) is 0 Å². The highest BCUT2D eigenvalue weighted by Crippen LogP contribution is 2.43. The van der Waals surface area contributed by atoms with E-state index in [4.69, 9.17) is 5.11 Å². The predicted octanol–water partition coefficient (Wildman–Crippen LogP) is 1.19. The van der Waals surface area contributed by atoms with Gasteiger partial charge in [0.05, 0.1) is 0 Å². The molecular weight excluding hydrogens is 208 g/mol. The molecular formula is C11H20N2O3. The van der Waals surface area contributed by atoms with Crippen molar-refractivity contribution >= 4 is 12.0 Å². The fraction of sp³-hybridized carbons (Fsp3) is 0.818. The number of carboxylic acid groups (broad SMARTS) is 1. The number of amides is 2. The fourth-order valence-corrected chi connectivity index (χ4v) is 1.39. The van der Waals surface area contributed by atoms with Crippen molar-refractivity contribution in [2.75, 3.05) is 6.54 Å². The van der Waals surface area contributed by atoms with Gasteiger partial charge in [0.1, 0.15) is 6.04 Å². The van der Waals surface area contributed by atoms with Crippen LogP contribution in [-0.2, 0) is 4.79 Å². The van der Waals surface area contributed by atoms with Crippen molar-refractivity contribution in [3.8, 4) is 0 Å². The van der Waals surface area contributed by atoms with Gasteiger partial charge >= 0.3 is 12.0 Å². The van der Waals surface area contributed by atoms with Crippen molar-refractivity contribution in [1.29, 1.82) is 0 Å². The summed E-state index contributed by atoms with van der Waals surface area (Å²) in [6.07, 6.45) is 2.25. The second kappa shape index (κ2) is 4.72. The molecule has 1 fully saturated rings.